The number of rotatable bonds is 7. The molecule has 1 N–H and O–H groups in total. The fourth-order valence-electron chi connectivity index (χ4n) is 3.98. The Morgan fingerprint density at radius 1 is 1.15 bits per heavy atom. The highest BCUT2D eigenvalue weighted by Gasteiger charge is 2.46. The Kier molecular flexibility index (Phi) is 6.03. The lowest BCUT2D eigenvalue weighted by atomic mass is 9.94. The first kappa shape index (κ1) is 21.9. The Morgan fingerprint density at radius 2 is 1.91 bits per heavy atom. The summed E-state index contributed by atoms with van der Waals surface area (Å²) in [6.45, 7) is 2.69. The van der Waals surface area contributed by atoms with Gasteiger partial charge >= 0.3 is 0 Å². The summed E-state index contributed by atoms with van der Waals surface area (Å²) in [4.78, 5) is 42.2. The number of carbonyl (C=O) groups excluding carboxylic acids is 2. The molecule has 1 saturated heterocycles. The summed E-state index contributed by atoms with van der Waals surface area (Å²) in [6.07, 6.45) is 5.63. The highest BCUT2D eigenvalue weighted by molar-refractivity contribution is 6.46. The molecule has 1 atom stereocenters. The summed E-state index contributed by atoms with van der Waals surface area (Å²) in [6, 6.07) is 11.8. The Bertz CT molecular complexity index is 1230. The number of Topliss-reactive ketones (excluding diaryl/α,β-unsaturated/α-hetero) is 1. The topological polar surface area (TPSA) is 119 Å². The maximum absolute atomic E-state index is 13.0. The Hall–Kier alpha value is -4.27. The van der Waals surface area contributed by atoms with E-state index in [0.717, 1.165) is 5.56 Å². The molecule has 1 aliphatic heterocycles. The number of hydrogen-bond acceptors (Lipinski definition) is 6. The van der Waals surface area contributed by atoms with Crippen molar-refractivity contribution in [1.29, 1.82) is 0 Å². The number of aliphatic hydroxyl groups excluding tert-OH is 1. The number of amides is 1. The number of likely N-dealkylation sites (tertiary alicyclic amines) is 1. The number of carbonyl (C=O) groups is 2. The predicted molar refractivity (Wildman–Crippen MR) is 120 cm³/mol. The third-order valence-electron chi connectivity index (χ3n) is 5.64. The van der Waals surface area contributed by atoms with Gasteiger partial charge in [-0.1, -0.05) is 42.0 Å². The first-order valence-corrected chi connectivity index (χ1v) is 10.4. The van der Waals surface area contributed by atoms with Gasteiger partial charge in [0.2, 0.25) is 0 Å². The molecular formula is C24H22N4O5. The molecule has 3 aromatic rings. The van der Waals surface area contributed by atoms with Crippen LogP contribution in [0.2, 0.25) is 0 Å². The molecule has 0 bridgehead atoms. The second-order valence-electron chi connectivity index (χ2n) is 7.86. The highest BCUT2D eigenvalue weighted by Crippen LogP contribution is 2.40. The molecule has 4 rings (SSSR count). The molecule has 0 saturated carbocycles. The molecule has 1 fully saturated rings. The maximum Gasteiger partial charge on any atom is 0.295 e. The third kappa shape index (κ3) is 4.38. The van der Waals surface area contributed by atoms with E-state index in [1.165, 1.54) is 23.1 Å². The van der Waals surface area contributed by atoms with Crippen LogP contribution in [0.1, 0.15) is 29.2 Å². The number of nitro benzene ring substituents is 1. The van der Waals surface area contributed by atoms with E-state index in [9.17, 15) is 24.8 Å². The van der Waals surface area contributed by atoms with Gasteiger partial charge in [0.05, 0.1) is 22.9 Å². The van der Waals surface area contributed by atoms with Crippen LogP contribution in [-0.4, -0.2) is 42.7 Å². The standard InChI is InChI=1S/C24H22N4O5/c1-16-6-8-17(9-7-16)22(29)20-21(18-4-2-5-19(14-18)28(32)33)27(24(31)23(20)30)12-3-11-26-13-10-25-15-26/h2,4-10,13-15,21,29H,3,11-12H2,1H3/b22-20+. The number of ketones is 1. The zero-order chi connectivity index (χ0) is 23.5. The van der Waals surface area contributed by atoms with Crippen LogP contribution in [0.25, 0.3) is 5.76 Å². The maximum atomic E-state index is 13.0. The minimum atomic E-state index is -0.936. The van der Waals surface area contributed by atoms with Gasteiger partial charge in [0.25, 0.3) is 17.4 Å². The van der Waals surface area contributed by atoms with Crippen molar-refractivity contribution in [1.82, 2.24) is 14.5 Å². The fraction of sp³-hybridized carbons (Fsp3) is 0.208. The number of benzene rings is 2. The Morgan fingerprint density at radius 3 is 2.58 bits per heavy atom. The van der Waals surface area contributed by atoms with E-state index in [4.69, 9.17) is 0 Å². The number of nitrogens with zero attached hydrogens (tertiary/aromatic N) is 4. The first-order valence-electron chi connectivity index (χ1n) is 10.4. The average molecular weight is 446 g/mol. The van der Waals surface area contributed by atoms with Crippen molar-refractivity contribution in [3.05, 3.63) is 99.6 Å². The van der Waals surface area contributed by atoms with Crippen molar-refractivity contribution < 1.29 is 19.6 Å². The number of aromatic nitrogens is 2. The summed E-state index contributed by atoms with van der Waals surface area (Å²) in [5.41, 5.74) is 1.52. The van der Waals surface area contributed by atoms with E-state index in [1.54, 1.807) is 49.1 Å². The summed E-state index contributed by atoms with van der Waals surface area (Å²) in [5, 5.41) is 22.4. The van der Waals surface area contributed by atoms with Crippen LogP contribution in [0.15, 0.2) is 72.8 Å². The van der Waals surface area contributed by atoms with Crippen LogP contribution >= 0.6 is 0 Å². The normalized spacial score (nSPS) is 17.5. The van der Waals surface area contributed by atoms with Gasteiger partial charge in [0.1, 0.15) is 5.76 Å². The van der Waals surface area contributed by atoms with Crippen LogP contribution in [-0.2, 0) is 16.1 Å². The van der Waals surface area contributed by atoms with Crippen LogP contribution in [0.4, 0.5) is 5.69 Å². The predicted octanol–water partition coefficient (Wildman–Crippen LogP) is 3.61. The SMILES string of the molecule is Cc1ccc(/C(O)=C2\C(=O)C(=O)N(CCCn3ccnc3)C2c2cccc([N+](=O)[O-])c2)cc1. The monoisotopic (exact) mass is 446 g/mol. The van der Waals surface area contributed by atoms with Crippen molar-refractivity contribution >= 4 is 23.1 Å². The smallest absolute Gasteiger partial charge is 0.295 e. The van der Waals surface area contributed by atoms with Gasteiger partial charge in [0, 0.05) is 43.2 Å². The minimum Gasteiger partial charge on any atom is -0.507 e. The number of non-ortho nitro benzene ring substituents is 1. The van der Waals surface area contributed by atoms with Gasteiger partial charge in [-0.05, 0) is 18.9 Å². The lowest BCUT2D eigenvalue weighted by Gasteiger charge is -2.25. The van der Waals surface area contributed by atoms with Gasteiger partial charge in [-0.3, -0.25) is 19.7 Å². The van der Waals surface area contributed by atoms with Crippen molar-refractivity contribution in [2.24, 2.45) is 0 Å². The van der Waals surface area contributed by atoms with Gasteiger partial charge in [-0.2, -0.15) is 0 Å². The molecule has 1 amide bonds. The Balaban J connectivity index is 1.76. The fourth-order valence-corrected chi connectivity index (χ4v) is 3.98. The van der Waals surface area contributed by atoms with Gasteiger partial charge < -0.3 is 14.6 Å². The molecule has 9 nitrogen and oxygen atoms in total. The molecule has 9 heteroatoms. The summed E-state index contributed by atoms with van der Waals surface area (Å²) in [7, 11) is 0. The molecular weight excluding hydrogens is 424 g/mol. The molecule has 1 aromatic heterocycles. The summed E-state index contributed by atoms with van der Waals surface area (Å²) in [5.74, 6) is -1.86. The zero-order valence-corrected chi connectivity index (χ0v) is 17.9. The molecule has 168 valence electrons. The van der Waals surface area contributed by atoms with Gasteiger partial charge in [-0.15, -0.1) is 0 Å². The lowest BCUT2D eigenvalue weighted by Crippen LogP contribution is -2.31. The zero-order valence-electron chi connectivity index (χ0n) is 17.9. The van der Waals surface area contributed by atoms with E-state index in [1.807, 2.05) is 11.5 Å². The number of imidazole rings is 1. The Labute approximate surface area is 189 Å². The van der Waals surface area contributed by atoms with E-state index < -0.39 is 22.7 Å². The van der Waals surface area contributed by atoms with Gasteiger partial charge in [-0.25, -0.2) is 4.98 Å². The molecule has 33 heavy (non-hydrogen) atoms. The molecule has 0 aliphatic carbocycles. The second-order valence-corrected chi connectivity index (χ2v) is 7.86. The van der Waals surface area contributed by atoms with E-state index in [-0.39, 0.29) is 23.6 Å². The molecule has 1 aliphatic rings. The van der Waals surface area contributed by atoms with Crippen LogP contribution < -0.4 is 0 Å². The summed E-state index contributed by atoms with van der Waals surface area (Å²) >= 11 is 0. The van der Waals surface area contributed by atoms with Gasteiger partial charge in [0.15, 0.2) is 0 Å². The molecule has 0 spiro atoms. The van der Waals surface area contributed by atoms with Crippen LogP contribution in [0.5, 0.6) is 0 Å². The number of aryl methyl sites for hydroxylation is 2. The molecule has 2 heterocycles. The number of hydrogen-bond donors (Lipinski definition) is 1. The number of aliphatic hydroxyl groups is 1. The van der Waals surface area contributed by atoms with Crippen molar-refractivity contribution in [2.45, 2.75) is 25.9 Å². The van der Waals surface area contributed by atoms with Crippen molar-refractivity contribution in [2.75, 3.05) is 6.54 Å². The lowest BCUT2D eigenvalue weighted by molar-refractivity contribution is -0.384. The molecule has 2 aromatic carbocycles. The van der Waals surface area contributed by atoms with Crippen molar-refractivity contribution in [3.8, 4) is 0 Å². The third-order valence-corrected chi connectivity index (χ3v) is 5.64. The van der Waals surface area contributed by atoms with E-state index in [0.29, 0.717) is 24.1 Å². The highest BCUT2D eigenvalue weighted by atomic mass is 16.6. The largest absolute Gasteiger partial charge is 0.507 e. The quantitative estimate of drug-likeness (QED) is 0.195. The average Bonchev–Trinajstić information content (AvgIpc) is 3.41. The summed E-state index contributed by atoms with van der Waals surface area (Å²) < 4.78 is 1.85. The van der Waals surface area contributed by atoms with E-state index in [2.05, 4.69) is 4.98 Å². The molecule has 0 radical (unpaired) electrons. The van der Waals surface area contributed by atoms with E-state index >= 15 is 0 Å². The van der Waals surface area contributed by atoms with Crippen LogP contribution in [0.3, 0.4) is 0 Å². The van der Waals surface area contributed by atoms with Crippen molar-refractivity contribution in [3.63, 3.8) is 0 Å². The van der Waals surface area contributed by atoms with Crippen LogP contribution in [0, 0.1) is 17.0 Å². The number of nitro groups is 1. The first-order chi connectivity index (χ1) is 15.9. The second kappa shape index (κ2) is 9.07. The molecule has 1 unspecified atom stereocenters. The minimum absolute atomic E-state index is 0.0769.